The van der Waals surface area contributed by atoms with Gasteiger partial charge in [-0.25, -0.2) is 9.59 Å². The van der Waals surface area contributed by atoms with Crippen molar-refractivity contribution in [2.75, 3.05) is 6.73 Å². The predicted octanol–water partition coefficient (Wildman–Crippen LogP) is 8.55. The van der Waals surface area contributed by atoms with Crippen molar-refractivity contribution in [3.63, 3.8) is 0 Å². The molecule has 1 amide bonds. The summed E-state index contributed by atoms with van der Waals surface area (Å²) in [5.41, 5.74) is -10.4. The van der Waals surface area contributed by atoms with Gasteiger partial charge in [-0.15, -0.1) is 0 Å². The summed E-state index contributed by atoms with van der Waals surface area (Å²) in [5, 5.41) is 1.23. The maximum atomic E-state index is 15.4. The van der Waals surface area contributed by atoms with Crippen molar-refractivity contribution >= 4 is 35.4 Å². The molecule has 1 N–H and O–H groups in total. The zero-order valence-corrected chi connectivity index (χ0v) is 25.4. The first-order chi connectivity index (χ1) is 24.1. The summed E-state index contributed by atoms with van der Waals surface area (Å²) in [6, 6.07) is -0.943. The van der Waals surface area contributed by atoms with E-state index in [1.165, 1.54) is 5.32 Å². The van der Waals surface area contributed by atoms with Gasteiger partial charge in [-0.05, 0) is 18.6 Å². The molecule has 1 aromatic carbocycles. The van der Waals surface area contributed by atoms with E-state index in [9.17, 15) is 111 Å². The zero-order chi connectivity index (χ0) is 44.2. The van der Waals surface area contributed by atoms with E-state index in [0.29, 0.717) is 19.1 Å². The van der Waals surface area contributed by atoms with E-state index < -0.39 is 118 Å². The van der Waals surface area contributed by atoms with Crippen molar-refractivity contribution in [3.05, 3.63) is 22.8 Å². The summed E-state index contributed by atoms with van der Waals surface area (Å²) in [5.74, 6) is -94.7. The molecule has 0 atom stereocenters. The number of hydrogen-bond donors (Lipinski definition) is 1. The Labute approximate surface area is 285 Å². The van der Waals surface area contributed by atoms with Crippen LogP contribution in [0.2, 0.25) is 0 Å². The predicted molar refractivity (Wildman–Crippen MR) is 125 cm³/mol. The number of hydrogen-bond acceptors (Lipinski definition) is 7. The van der Waals surface area contributed by atoms with Crippen LogP contribution < -0.4 is 5.32 Å². The van der Waals surface area contributed by atoms with Crippen LogP contribution in [-0.4, -0.2) is 90.2 Å². The number of alkyl halides is 23. The highest BCUT2D eigenvalue weighted by Gasteiger charge is 2.98. The van der Waals surface area contributed by atoms with Gasteiger partial charge in [0.25, 0.3) is 5.91 Å². The first-order valence-corrected chi connectivity index (χ1v) is 12.7. The number of esters is 1. The summed E-state index contributed by atoms with van der Waals surface area (Å²) in [6.45, 7) is -0.749. The van der Waals surface area contributed by atoms with E-state index in [1.807, 2.05) is 0 Å². The smallest absolute Gasteiger partial charge is 0.445 e. The quantitative estimate of drug-likeness (QED) is 0.0625. The Balaban J connectivity index is 4.25. The van der Waals surface area contributed by atoms with Gasteiger partial charge in [-0.3, -0.25) is 9.59 Å². The summed E-state index contributed by atoms with van der Waals surface area (Å²) < 4.78 is 325. The lowest BCUT2D eigenvalue weighted by Gasteiger charge is -2.45. The molecule has 1 rings (SSSR count). The number of rotatable bonds is 15. The van der Waals surface area contributed by atoms with Crippen LogP contribution in [0.3, 0.4) is 0 Å². The van der Waals surface area contributed by atoms with Gasteiger partial charge in [0.15, 0.2) is 6.73 Å². The zero-order valence-electron chi connectivity index (χ0n) is 25.4. The van der Waals surface area contributed by atoms with Crippen LogP contribution >= 0.6 is 0 Å². The van der Waals surface area contributed by atoms with Gasteiger partial charge < -0.3 is 10.1 Å². The highest BCUT2D eigenvalue weighted by Crippen LogP contribution is 2.68. The topological polar surface area (TPSA) is 114 Å². The van der Waals surface area contributed by atoms with E-state index in [0.717, 1.165) is 0 Å². The normalized spacial score (nSPS) is 14.5. The fourth-order valence-electron chi connectivity index (χ4n) is 3.87. The minimum atomic E-state index is -9.63. The lowest BCUT2D eigenvalue weighted by Crippen LogP contribution is -2.77. The SMILES string of the molecule is CC(=O)OCNC(=O)c1c(C(F)(F)C(F)(F)C(F)(F)C(F)(F)C(F)(F)C(F)(F)C(F)(F)C(F)(F)C(F)(F)C(F)(F)C(F)(F)F)cc(N=C=O)c(N=C=O)c1C. The van der Waals surface area contributed by atoms with Crippen molar-refractivity contribution in [3.8, 4) is 0 Å². The lowest BCUT2D eigenvalue weighted by atomic mass is 9.83. The number of nitrogens with one attached hydrogen (secondary N) is 1. The highest BCUT2D eigenvalue weighted by atomic mass is 19.4. The number of halogens is 23. The van der Waals surface area contributed by atoms with Crippen LogP contribution in [-0.2, 0) is 25.0 Å². The minimum Gasteiger partial charge on any atom is -0.445 e. The molecular weight excluding hydrogens is 847 g/mol. The standard InChI is InChI=1S/C24H10F23N3O5/c1-7-11(13(54)50-6-55-8(2)53)9(3-10(48-4-51)12(7)49-5-52)14(25,26)15(27,28)16(29,30)17(31,32)18(33,34)19(35,36)20(37,38)21(39,40)22(41,42)23(43,44)24(45,46)47/h3H,6H2,1-2H3,(H,50,54). The molecule has 31 heteroatoms. The minimum absolute atomic E-state index is 0.195. The lowest BCUT2D eigenvalue weighted by molar-refractivity contribution is -0.479. The number of ether oxygens (including phenoxy) is 1. The summed E-state index contributed by atoms with van der Waals surface area (Å²) in [7, 11) is 0. The number of nitrogens with zero attached hydrogens (tertiary/aromatic N) is 2. The highest BCUT2D eigenvalue weighted by molar-refractivity contribution is 6.00. The largest absolute Gasteiger partial charge is 0.460 e. The first kappa shape index (κ1) is 48.3. The molecule has 0 spiro atoms. The Morgan fingerprint density at radius 1 is 0.600 bits per heavy atom. The Morgan fingerprint density at radius 2 is 0.945 bits per heavy atom. The van der Waals surface area contributed by atoms with Crippen molar-refractivity contribution in [1.82, 2.24) is 5.32 Å². The molecule has 0 aliphatic carbocycles. The van der Waals surface area contributed by atoms with Crippen LogP contribution in [0.15, 0.2) is 16.1 Å². The second-order valence-corrected chi connectivity index (χ2v) is 10.2. The van der Waals surface area contributed by atoms with Crippen LogP contribution in [0.1, 0.15) is 28.4 Å². The molecule has 0 aliphatic heterocycles. The molecule has 0 radical (unpaired) electrons. The molecule has 0 saturated heterocycles. The van der Waals surface area contributed by atoms with E-state index in [1.54, 1.807) is 0 Å². The monoisotopic (exact) mass is 857 g/mol. The number of isocyanates is 2. The van der Waals surface area contributed by atoms with Crippen molar-refractivity contribution in [2.45, 2.75) is 79.2 Å². The van der Waals surface area contributed by atoms with Crippen molar-refractivity contribution in [1.29, 1.82) is 0 Å². The molecular formula is C24H10F23N3O5. The fourth-order valence-corrected chi connectivity index (χ4v) is 3.87. The average Bonchev–Trinajstić information content (AvgIpc) is 3.00. The first-order valence-electron chi connectivity index (χ1n) is 12.7. The summed E-state index contributed by atoms with van der Waals surface area (Å²) in [6.07, 6.45) is -7.21. The maximum absolute atomic E-state index is 15.4. The molecule has 0 unspecified atom stereocenters. The molecule has 0 fully saturated rings. The van der Waals surface area contributed by atoms with Gasteiger partial charge >= 0.3 is 71.4 Å². The average molecular weight is 857 g/mol. The molecule has 0 heterocycles. The van der Waals surface area contributed by atoms with Crippen LogP contribution in [0.5, 0.6) is 0 Å². The van der Waals surface area contributed by atoms with Gasteiger partial charge in [0, 0.05) is 12.5 Å². The number of amides is 1. The van der Waals surface area contributed by atoms with E-state index in [2.05, 4.69) is 14.7 Å². The Morgan fingerprint density at radius 3 is 1.27 bits per heavy atom. The Bertz CT molecular complexity index is 1780. The fraction of sp³-hybridized carbons (Fsp3) is 0.583. The summed E-state index contributed by atoms with van der Waals surface area (Å²) in [4.78, 5) is 50.1. The molecule has 312 valence electrons. The van der Waals surface area contributed by atoms with Crippen LogP contribution in [0.25, 0.3) is 0 Å². The van der Waals surface area contributed by atoms with E-state index in [-0.39, 0.29) is 6.92 Å². The van der Waals surface area contributed by atoms with Crippen LogP contribution in [0.4, 0.5) is 112 Å². The third-order valence-corrected chi connectivity index (χ3v) is 6.83. The number of carbonyl (C=O) groups excluding carboxylic acids is 4. The summed E-state index contributed by atoms with van der Waals surface area (Å²) >= 11 is 0. The molecule has 0 saturated carbocycles. The molecule has 55 heavy (non-hydrogen) atoms. The number of benzene rings is 1. The Kier molecular flexibility index (Phi) is 12.4. The maximum Gasteiger partial charge on any atom is 0.460 e. The second kappa shape index (κ2) is 14.1. The molecule has 1 aromatic rings. The number of carbonyl (C=O) groups is 2. The molecule has 8 nitrogen and oxygen atoms in total. The van der Waals surface area contributed by atoms with Gasteiger partial charge in [-0.1, -0.05) is 0 Å². The third-order valence-electron chi connectivity index (χ3n) is 6.83. The van der Waals surface area contributed by atoms with Crippen molar-refractivity contribution in [2.24, 2.45) is 9.98 Å². The Hall–Kier alpha value is -4.69. The number of aliphatic imine (C=N–C) groups is 2. The van der Waals surface area contributed by atoms with E-state index in [4.69, 9.17) is 0 Å². The second-order valence-electron chi connectivity index (χ2n) is 10.2. The van der Waals surface area contributed by atoms with Gasteiger partial charge in [-0.2, -0.15) is 111 Å². The van der Waals surface area contributed by atoms with E-state index >= 15 is 8.78 Å². The van der Waals surface area contributed by atoms with Crippen molar-refractivity contribution < 1.29 is 125 Å². The third kappa shape index (κ3) is 6.81. The van der Waals surface area contributed by atoms with Gasteiger partial charge in [0.2, 0.25) is 12.2 Å². The molecule has 0 bridgehead atoms. The molecule has 0 aliphatic rings. The van der Waals surface area contributed by atoms with Gasteiger partial charge in [0.1, 0.15) is 11.4 Å². The van der Waals surface area contributed by atoms with Crippen LogP contribution in [0, 0.1) is 6.92 Å². The molecule has 0 aromatic heterocycles. The van der Waals surface area contributed by atoms with Gasteiger partial charge in [0.05, 0.1) is 5.56 Å².